The third kappa shape index (κ3) is 3.32. The third-order valence-electron chi connectivity index (χ3n) is 4.10. The summed E-state index contributed by atoms with van der Waals surface area (Å²) in [6.45, 7) is 5.60. The lowest BCUT2D eigenvalue weighted by Gasteiger charge is -2.19. The van der Waals surface area contributed by atoms with Crippen molar-refractivity contribution >= 4 is 5.91 Å². The van der Waals surface area contributed by atoms with Crippen LogP contribution in [-0.4, -0.2) is 33.6 Å². The molecule has 21 heavy (non-hydrogen) atoms. The van der Waals surface area contributed by atoms with E-state index in [0.29, 0.717) is 11.5 Å². The molecule has 1 aromatic rings. The number of hydrogen-bond acceptors (Lipinski definition) is 4. The molecular formula is C15H23N3O3. The molecule has 116 valence electrons. The summed E-state index contributed by atoms with van der Waals surface area (Å²) in [4.78, 5) is 31.4. The number of rotatable bonds is 4. The Hall–Kier alpha value is -1.69. The Kier molecular flexibility index (Phi) is 4.77. The second-order valence-electron chi connectivity index (χ2n) is 6.02. The van der Waals surface area contributed by atoms with Crippen LogP contribution in [0.1, 0.15) is 60.9 Å². The zero-order chi connectivity index (χ0) is 15.6. The van der Waals surface area contributed by atoms with Crippen molar-refractivity contribution in [3.05, 3.63) is 27.4 Å². The van der Waals surface area contributed by atoms with Crippen LogP contribution in [0.25, 0.3) is 0 Å². The van der Waals surface area contributed by atoms with E-state index >= 15 is 0 Å². The van der Waals surface area contributed by atoms with Gasteiger partial charge in [-0.1, -0.05) is 20.3 Å². The van der Waals surface area contributed by atoms with Crippen LogP contribution in [0.4, 0.5) is 0 Å². The van der Waals surface area contributed by atoms with Crippen LogP contribution in [0, 0.1) is 12.8 Å². The van der Waals surface area contributed by atoms with Gasteiger partial charge in [0.1, 0.15) is 11.4 Å². The van der Waals surface area contributed by atoms with E-state index in [9.17, 15) is 14.7 Å². The summed E-state index contributed by atoms with van der Waals surface area (Å²) >= 11 is 0. The number of aryl methyl sites for hydroxylation is 1. The van der Waals surface area contributed by atoms with Crippen LogP contribution >= 0.6 is 0 Å². The number of aliphatic hydroxyl groups is 1. The maximum Gasteiger partial charge on any atom is 0.264 e. The SMILES string of the molecule is Cc1nc(C(C)C)[nH]c(=O)c1C(=O)NC1CCCC1CO. The van der Waals surface area contributed by atoms with Crippen molar-refractivity contribution in [1.29, 1.82) is 0 Å². The van der Waals surface area contributed by atoms with E-state index in [1.54, 1.807) is 6.92 Å². The summed E-state index contributed by atoms with van der Waals surface area (Å²) in [5, 5.41) is 12.2. The first-order chi connectivity index (χ1) is 9.93. The maximum atomic E-state index is 12.3. The molecular weight excluding hydrogens is 270 g/mol. The molecule has 1 aliphatic carbocycles. The lowest BCUT2D eigenvalue weighted by molar-refractivity contribution is 0.0913. The molecule has 1 fully saturated rings. The van der Waals surface area contributed by atoms with Crippen molar-refractivity contribution in [2.75, 3.05) is 6.61 Å². The van der Waals surface area contributed by atoms with Crippen molar-refractivity contribution in [3.63, 3.8) is 0 Å². The summed E-state index contributed by atoms with van der Waals surface area (Å²) in [6, 6.07) is -0.0638. The molecule has 2 unspecified atom stereocenters. The molecule has 1 amide bonds. The molecule has 2 rings (SSSR count). The predicted molar refractivity (Wildman–Crippen MR) is 79.4 cm³/mol. The van der Waals surface area contributed by atoms with E-state index in [1.165, 1.54) is 0 Å². The van der Waals surface area contributed by atoms with Crippen LogP contribution in [0.3, 0.4) is 0 Å². The third-order valence-corrected chi connectivity index (χ3v) is 4.10. The zero-order valence-electron chi connectivity index (χ0n) is 12.8. The Labute approximate surface area is 124 Å². The maximum absolute atomic E-state index is 12.3. The number of hydrogen-bond donors (Lipinski definition) is 3. The number of nitrogens with zero attached hydrogens (tertiary/aromatic N) is 1. The fourth-order valence-corrected chi connectivity index (χ4v) is 2.83. The molecule has 0 bridgehead atoms. The fraction of sp³-hybridized carbons (Fsp3) is 0.667. The van der Waals surface area contributed by atoms with Gasteiger partial charge in [0.2, 0.25) is 0 Å². The van der Waals surface area contributed by atoms with Gasteiger partial charge < -0.3 is 15.4 Å². The Bertz CT molecular complexity index is 580. The van der Waals surface area contributed by atoms with Gasteiger partial charge in [-0.05, 0) is 19.8 Å². The van der Waals surface area contributed by atoms with Gasteiger partial charge in [0.05, 0.1) is 5.69 Å². The van der Waals surface area contributed by atoms with Crippen LogP contribution < -0.4 is 10.9 Å². The monoisotopic (exact) mass is 293 g/mol. The van der Waals surface area contributed by atoms with E-state index in [2.05, 4.69) is 15.3 Å². The van der Waals surface area contributed by atoms with Crippen molar-refractivity contribution in [3.8, 4) is 0 Å². The lowest BCUT2D eigenvalue weighted by Crippen LogP contribution is -2.41. The first-order valence-electron chi connectivity index (χ1n) is 7.46. The average Bonchev–Trinajstić information content (AvgIpc) is 2.84. The Morgan fingerprint density at radius 3 is 2.76 bits per heavy atom. The summed E-state index contributed by atoms with van der Waals surface area (Å²) in [5.74, 6) is 0.364. The van der Waals surface area contributed by atoms with Crippen molar-refractivity contribution < 1.29 is 9.90 Å². The number of aromatic amines is 1. The summed E-state index contributed by atoms with van der Waals surface area (Å²) in [5.41, 5.74) is 0.115. The van der Waals surface area contributed by atoms with Gasteiger partial charge in [0.15, 0.2) is 0 Å². The Balaban J connectivity index is 2.22. The van der Waals surface area contributed by atoms with Gasteiger partial charge >= 0.3 is 0 Å². The molecule has 1 aliphatic rings. The standard InChI is InChI=1S/C15H23N3O3/c1-8(2)13-16-9(3)12(15(21)18-13)14(20)17-11-6-4-5-10(11)7-19/h8,10-11,19H,4-7H2,1-3H3,(H,17,20)(H,16,18,21). The van der Waals surface area contributed by atoms with Crippen LogP contribution in [0.5, 0.6) is 0 Å². The number of H-pyrrole nitrogens is 1. The fourth-order valence-electron chi connectivity index (χ4n) is 2.83. The van der Waals surface area contributed by atoms with Gasteiger partial charge in [-0.15, -0.1) is 0 Å². The number of aromatic nitrogens is 2. The predicted octanol–water partition coefficient (Wildman–Crippen LogP) is 1.09. The molecule has 0 aliphatic heterocycles. The van der Waals surface area contributed by atoms with Crippen molar-refractivity contribution in [1.82, 2.24) is 15.3 Å². The number of carbonyl (C=O) groups excluding carboxylic acids is 1. The van der Waals surface area contributed by atoms with Crippen LogP contribution in [0.2, 0.25) is 0 Å². The highest BCUT2D eigenvalue weighted by Gasteiger charge is 2.29. The van der Waals surface area contributed by atoms with Crippen molar-refractivity contribution in [2.45, 2.75) is 52.0 Å². The molecule has 6 nitrogen and oxygen atoms in total. The van der Waals surface area contributed by atoms with Crippen LogP contribution in [0.15, 0.2) is 4.79 Å². The molecule has 1 heterocycles. The minimum absolute atomic E-state index is 0.0603. The minimum atomic E-state index is -0.401. The van der Waals surface area contributed by atoms with Gasteiger partial charge in [-0.2, -0.15) is 0 Å². The van der Waals surface area contributed by atoms with Gasteiger partial charge in [-0.3, -0.25) is 9.59 Å². The first-order valence-corrected chi connectivity index (χ1v) is 7.46. The highest BCUT2D eigenvalue weighted by molar-refractivity contribution is 5.95. The molecule has 0 spiro atoms. The highest BCUT2D eigenvalue weighted by Crippen LogP contribution is 2.25. The quantitative estimate of drug-likeness (QED) is 0.774. The minimum Gasteiger partial charge on any atom is -0.396 e. The van der Waals surface area contributed by atoms with Gasteiger partial charge in [0, 0.05) is 24.5 Å². The van der Waals surface area contributed by atoms with E-state index < -0.39 is 11.5 Å². The molecule has 3 N–H and O–H groups in total. The number of carbonyl (C=O) groups is 1. The molecule has 0 radical (unpaired) electrons. The molecule has 0 saturated heterocycles. The van der Waals surface area contributed by atoms with E-state index in [4.69, 9.17) is 0 Å². The number of nitrogens with one attached hydrogen (secondary N) is 2. The highest BCUT2D eigenvalue weighted by atomic mass is 16.3. The van der Waals surface area contributed by atoms with E-state index in [0.717, 1.165) is 19.3 Å². The normalized spacial score (nSPS) is 21.8. The Morgan fingerprint density at radius 2 is 2.19 bits per heavy atom. The van der Waals surface area contributed by atoms with Crippen LogP contribution in [-0.2, 0) is 0 Å². The topological polar surface area (TPSA) is 95.1 Å². The second kappa shape index (κ2) is 6.39. The Morgan fingerprint density at radius 1 is 1.48 bits per heavy atom. The van der Waals surface area contributed by atoms with Crippen molar-refractivity contribution in [2.24, 2.45) is 5.92 Å². The van der Waals surface area contributed by atoms with Gasteiger partial charge in [-0.25, -0.2) is 4.98 Å². The zero-order valence-corrected chi connectivity index (χ0v) is 12.8. The van der Waals surface area contributed by atoms with E-state index in [1.807, 2.05) is 13.8 Å². The molecule has 1 aromatic heterocycles. The first kappa shape index (κ1) is 15.7. The van der Waals surface area contributed by atoms with Gasteiger partial charge in [0.25, 0.3) is 11.5 Å². The number of aliphatic hydroxyl groups excluding tert-OH is 1. The number of amides is 1. The smallest absolute Gasteiger partial charge is 0.264 e. The lowest BCUT2D eigenvalue weighted by atomic mass is 10.0. The summed E-state index contributed by atoms with van der Waals surface area (Å²) in [6.07, 6.45) is 2.72. The average molecular weight is 293 g/mol. The second-order valence-corrected chi connectivity index (χ2v) is 6.02. The van der Waals surface area contributed by atoms with E-state index in [-0.39, 0.29) is 30.0 Å². The molecule has 0 aromatic carbocycles. The summed E-state index contributed by atoms with van der Waals surface area (Å²) in [7, 11) is 0. The molecule has 6 heteroatoms. The largest absolute Gasteiger partial charge is 0.396 e. The molecule has 2 atom stereocenters. The molecule has 1 saturated carbocycles. The summed E-state index contributed by atoms with van der Waals surface area (Å²) < 4.78 is 0.